The average Bonchev–Trinajstić information content (AvgIpc) is 3.23. The van der Waals surface area contributed by atoms with Gasteiger partial charge in [0.25, 0.3) is 5.91 Å². The van der Waals surface area contributed by atoms with E-state index >= 15 is 0 Å². The van der Waals surface area contributed by atoms with Crippen molar-refractivity contribution < 1.29 is 4.79 Å². The number of para-hydroxylation sites is 1. The number of carbonyl (C=O) groups excluding carboxylic acids is 1. The molecule has 3 heterocycles. The molecule has 0 bridgehead atoms. The first-order valence-corrected chi connectivity index (χ1v) is 8.94. The minimum Gasteiger partial charge on any atom is -0.337 e. The fourth-order valence-corrected chi connectivity index (χ4v) is 3.66. The molecular weight excluding hydrogens is 316 g/mol. The summed E-state index contributed by atoms with van der Waals surface area (Å²) in [6.07, 6.45) is 4.39. The minimum absolute atomic E-state index is 0.0138. The predicted octanol–water partition coefficient (Wildman–Crippen LogP) is 2.58. The molecular formula is C18H20N6O. The van der Waals surface area contributed by atoms with Crippen molar-refractivity contribution in [2.75, 3.05) is 13.1 Å². The molecule has 7 heteroatoms. The lowest BCUT2D eigenvalue weighted by molar-refractivity contribution is 0.0700. The number of H-pyrrole nitrogens is 2. The Hall–Kier alpha value is -2.70. The Kier molecular flexibility index (Phi) is 3.33. The molecule has 7 nitrogen and oxygen atoms in total. The Balaban J connectivity index is 1.37. The second kappa shape index (κ2) is 5.68. The normalized spacial score (nSPS) is 21.0. The summed E-state index contributed by atoms with van der Waals surface area (Å²) in [5.74, 6) is 2.62. The summed E-state index contributed by atoms with van der Waals surface area (Å²) in [4.78, 5) is 19.5. The maximum absolute atomic E-state index is 13.0. The largest absolute Gasteiger partial charge is 0.337 e. The Morgan fingerprint density at radius 3 is 2.84 bits per heavy atom. The lowest BCUT2D eigenvalue weighted by atomic mass is 9.97. The number of aromatic nitrogens is 5. The van der Waals surface area contributed by atoms with Crippen LogP contribution in [-0.4, -0.2) is 49.3 Å². The van der Waals surface area contributed by atoms with Crippen molar-refractivity contribution in [3.8, 4) is 0 Å². The van der Waals surface area contributed by atoms with Crippen LogP contribution in [0.1, 0.15) is 59.7 Å². The van der Waals surface area contributed by atoms with Crippen LogP contribution in [0.3, 0.4) is 0 Å². The van der Waals surface area contributed by atoms with Gasteiger partial charge in [-0.25, -0.2) is 4.98 Å². The highest BCUT2D eigenvalue weighted by Crippen LogP contribution is 2.38. The molecule has 1 aromatic carbocycles. The third kappa shape index (κ3) is 2.59. The van der Waals surface area contributed by atoms with Crippen molar-refractivity contribution in [2.24, 2.45) is 0 Å². The smallest absolute Gasteiger partial charge is 0.275 e. The Morgan fingerprint density at radius 2 is 1.96 bits per heavy atom. The van der Waals surface area contributed by atoms with Crippen molar-refractivity contribution in [2.45, 2.75) is 37.5 Å². The van der Waals surface area contributed by atoms with Crippen LogP contribution in [-0.2, 0) is 0 Å². The molecule has 2 N–H and O–H groups in total. The molecule has 25 heavy (non-hydrogen) atoms. The topological polar surface area (TPSA) is 90.6 Å². The highest BCUT2D eigenvalue weighted by Gasteiger charge is 2.32. The Morgan fingerprint density at radius 1 is 1.08 bits per heavy atom. The molecule has 0 unspecified atom stereocenters. The molecule has 5 rings (SSSR count). The summed E-state index contributed by atoms with van der Waals surface area (Å²) in [7, 11) is 0. The van der Waals surface area contributed by atoms with E-state index in [-0.39, 0.29) is 11.8 Å². The molecule has 2 fully saturated rings. The molecule has 2 aromatic heterocycles. The number of benzene rings is 1. The van der Waals surface area contributed by atoms with Crippen LogP contribution in [0.4, 0.5) is 0 Å². The second-order valence-corrected chi connectivity index (χ2v) is 7.06. The first kappa shape index (κ1) is 14.6. The number of rotatable bonds is 3. The van der Waals surface area contributed by atoms with Crippen LogP contribution < -0.4 is 0 Å². The second-order valence-electron chi connectivity index (χ2n) is 7.06. The first-order valence-electron chi connectivity index (χ1n) is 8.94. The van der Waals surface area contributed by atoms with Crippen molar-refractivity contribution in [3.05, 3.63) is 41.6 Å². The van der Waals surface area contributed by atoms with E-state index in [2.05, 4.69) is 25.4 Å². The van der Waals surface area contributed by atoms with Gasteiger partial charge in [0.15, 0.2) is 11.5 Å². The third-order valence-corrected chi connectivity index (χ3v) is 5.23. The summed E-state index contributed by atoms with van der Waals surface area (Å²) in [5, 5.41) is 15.6. The zero-order valence-corrected chi connectivity index (χ0v) is 13.9. The SMILES string of the molecule is O=C(c1n[nH]c2ccccc12)N1CCC[C@@H](c2n[nH]c(C3CC3)n2)C1. The zero-order valence-electron chi connectivity index (χ0n) is 13.9. The number of nitrogens with zero attached hydrogens (tertiary/aromatic N) is 4. The highest BCUT2D eigenvalue weighted by molar-refractivity contribution is 6.04. The van der Waals surface area contributed by atoms with Gasteiger partial charge in [0.2, 0.25) is 0 Å². The van der Waals surface area contributed by atoms with E-state index in [1.54, 1.807) is 0 Å². The van der Waals surface area contributed by atoms with E-state index in [1.807, 2.05) is 29.2 Å². The molecule has 2 aliphatic rings. The van der Waals surface area contributed by atoms with E-state index in [0.29, 0.717) is 18.2 Å². The summed E-state index contributed by atoms with van der Waals surface area (Å²) in [6, 6.07) is 7.74. The van der Waals surface area contributed by atoms with Crippen molar-refractivity contribution in [3.63, 3.8) is 0 Å². The summed E-state index contributed by atoms with van der Waals surface area (Å²) >= 11 is 0. The van der Waals surface area contributed by atoms with Crippen LogP contribution in [0, 0.1) is 0 Å². The molecule has 1 saturated heterocycles. The van der Waals surface area contributed by atoms with Gasteiger partial charge in [-0.05, 0) is 31.7 Å². The van der Waals surface area contributed by atoms with Gasteiger partial charge < -0.3 is 4.90 Å². The van der Waals surface area contributed by atoms with Gasteiger partial charge in [-0.15, -0.1) is 0 Å². The van der Waals surface area contributed by atoms with Crippen LogP contribution in [0.25, 0.3) is 10.9 Å². The maximum Gasteiger partial charge on any atom is 0.275 e. The number of likely N-dealkylation sites (tertiary alicyclic amines) is 1. The number of piperidine rings is 1. The molecule has 0 spiro atoms. The number of hydrogen-bond donors (Lipinski definition) is 2. The van der Waals surface area contributed by atoms with Gasteiger partial charge in [0.1, 0.15) is 5.82 Å². The van der Waals surface area contributed by atoms with Crippen LogP contribution in [0.2, 0.25) is 0 Å². The van der Waals surface area contributed by atoms with Gasteiger partial charge in [-0.2, -0.15) is 10.2 Å². The Bertz CT molecular complexity index is 924. The fraction of sp³-hybridized carbons (Fsp3) is 0.444. The zero-order chi connectivity index (χ0) is 16.8. The molecule has 0 radical (unpaired) electrons. The first-order chi connectivity index (χ1) is 12.3. The molecule has 128 valence electrons. The standard InChI is InChI=1S/C18H20N6O/c25-18(15-13-5-1-2-6-14(13)20-21-15)24-9-3-4-12(10-24)17-19-16(22-23-17)11-7-8-11/h1-2,5-6,11-12H,3-4,7-10H2,(H,20,21)(H,19,22,23)/t12-/m1/s1. The number of amides is 1. The van der Waals surface area contributed by atoms with E-state index in [9.17, 15) is 4.79 Å². The van der Waals surface area contributed by atoms with Gasteiger partial charge in [-0.1, -0.05) is 18.2 Å². The van der Waals surface area contributed by atoms with Gasteiger partial charge in [0.05, 0.1) is 5.52 Å². The van der Waals surface area contributed by atoms with E-state index in [4.69, 9.17) is 0 Å². The van der Waals surface area contributed by atoms with Crippen molar-refractivity contribution in [1.29, 1.82) is 0 Å². The van der Waals surface area contributed by atoms with Crippen LogP contribution >= 0.6 is 0 Å². The van der Waals surface area contributed by atoms with E-state index in [0.717, 1.165) is 41.9 Å². The molecule has 1 aliphatic carbocycles. The molecule has 1 saturated carbocycles. The molecule has 1 amide bonds. The van der Waals surface area contributed by atoms with Crippen LogP contribution in [0.5, 0.6) is 0 Å². The van der Waals surface area contributed by atoms with Crippen molar-refractivity contribution in [1.82, 2.24) is 30.3 Å². The highest BCUT2D eigenvalue weighted by atomic mass is 16.2. The summed E-state index contributed by atoms with van der Waals surface area (Å²) in [5.41, 5.74) is 1.40. The van der Waals surface area contributed by atoms with Gasteiger partial charge >= 0.3 is 0 Å². The number of nitrogens with one attached hydrogen (secondary N) is 2. The van der Waals surface area contributed by atoms with Gasteiger partial charge in [-0.3, -0.25) is 15.0 Å². The molecule has 3 aromatic rings. The number of fused-ring (bicyclic) bond motifs is 1. The maximum atomic E-state index is 13.0. The third-order valence-electron chi connectivity index (χ3n) is 5.23. The van der Waals surface area contributed by atoms with Gasteiger partial charge in [0, 0.05) is 30.3 Å². The van der Waals surface area contributed by atoms with E-state index in [1.165, 1.54) is 12.8 Å². The quantitative estimate of drug-likeness (QED) is 0.769. The fourth-order valence-electron chi connectivity index (χ4n) is 3.66. The lowest BCUT2D eigenvalue weighted by Gasteiger charge is -2.31. The summed E-state index contributed by atoms with van der Waals surface area (Å²) < 4.78 is 0. The minimum atomic E-state index is -0.0138. The predicted molar refractivity (Wildman–Crippen MR) is 92.3 cm³/mol. The number of hydrogen-bond acceptors (Lipinski definition) is 4. The Labute approximate surface area is 144 Å². The lowest BCUT2D eigenvalue weighted by Crippen LogP contribution is -2.39. The molecule has 1 aliphatic heterocycles. The number of carbonyl (C=O) groups is 1. The number of aromatic amines is 2. The van der Waals surface area contributed by atoms with Crippen LogP contribution in [0.15, 0.2) is 24.3 Å². The summed E-state index contributed by atoms with van der Waals surface area (Å²) in [6.45, 7) is 1.42. The van der Waals surface area contributed by atoms with E-state index < -0.39 is 0 Å². The van der Waals surface area contributed by atoms with Crippen molar-refractivity contribution >= 4 is 16.8 Å². The monoisotopic (exact) mass is 336 g/mol. The average molecular weight is 336 g/mol. The molecule has 1 atom stereocenters.